The van der Waals surface area contributed by atoms with Crippen molar-refractivity contribution in [3.8, 4) is 0 Å². The van der Waals surface area contributed by atoms with Crippen molar-refractivity contribution in [2.75, 3.05) is 19.1 Å². The second-order valence-corrected chi connectivity index (χ2v) is 6.33. The quantitative estimate of drug-likeness (QED) is 0.806. The molecule has 0 aromatic carbocycles. The minimum atomic E-state index is -0.139. The molecule has 1 rings (SSSR count). The highest BCUT2D eigenvalue weighted by Crippen LogP contribution is 2.19. The molecule has 112 valence electrons. The van der Waals surface area contributed by atoms with Crippen LogP contribution in [0.1, 0.15) is 49.4 Å². The predicted molar refractivity (Wildman–Crippen MR) is 85.7 cm³/mol. The topological polar surface area (TPSA) is 46.1 Å². The summed E-state index contributed by atoms with van der Waals surface area (Å²) in [7, 11) is 1.81. The molecule has 0 N–H and O–H groups in total. The molecule has 0 bridgehead atoms. The van der Waals surface area contributed by atoms with Gasteiger partial charge in [-0.25, -0.2) is 9.97 Å². The van der Waals surface area contributed by atoms with E-state index in [2.05, 4.69) is 16.9 Å². The van der Waals surface area contributed by atoms with Crippen LogP contribution in [-0.4, -0.2) is 45.9 Å². The fourth-order valence-corrected chi connectivity index (χ4v) is 2.85. The zero-order chi connectivity index (χ0) is 15.3. The molecule has 1 aromatic rings. The van der Waals surface area contributed by atoms with Gasteiger partial charge in [-0.3, -0.25) is 4.79 Å². The van der Waals surface area contributed by atoms with E-state index in [0.29, 0.717) is 16.5 Å². The Labute approximate surface area is 130 Å². The lowest BCUT2D eigenvalue weighted by Gasteiger charge is -2.26. The normalized spacial score (nSPS) is 12.6. The summed E-state index contributed by atoms with van der Waals surface area (Å²) in [6.07, 6.45) is 4.46. The molecule has 0 fully saturated rings. The van der Waals surface area contributed by atoms with Crippen LogP contribution in [0.2, 0.25) is 5.02 Å². The van der Waals surface area contributed by atoms with Crippen LogP contribution in [-0.2, 0) is 0 Å². The lowest BCUT2D eigenvalue weighted by atomic mass is 10.2. The second kappa shape index (κ2) is 7.84. The molecule has 6 heteroatoms. The minimum absolute atomic E-state index is 0.139. The number of thioether (sulfide) groups is 1. The number of carbonyl (C=O) groups excluding carboxylic acids is 1. The van der Waals surface area contributed by atoms with Crippen LogP contribution in [0.3, 0.4) is 0 Å². The molecule has 1 heterocycles. The molecule has 0 aliphatic heterocycles. The van der Waals surface area contributed by atoms with Gasteiger partial charge in [-0.2, -0.15) is 11.8 Å². The Morgan fingerprint density at radius 3 is 2.65 bits per heavy atom. The summed E-state index contributed by atoms with van der Waals surface area (Å²) in [6, 6.07) is 0.186. The van der Waals surface area contributed by atoms with E-state index in [1.165, 1.54) is 6.20 Å². The summed E-state index contributed by atoms with van der Waals surface area (Å²) >= 11 is 7.81. The van der Waals surface area contributed by atoms with Gasteiger partial charge in [0.2, 0.25) is 0 Å². The molecule has 0 spiro atoms. The maximum Gasteiger partial charge on any atom is 0.274 e. The fraction of sp³-hybridized carbons (Fsp3) is 0.643. The number of amides is 1. The highest BCUT2D eigenvalue weighted by Gasteiger charge is 2.23. The Balaban J connectivity index is 3.04. The molecule has 1 amide bonds. The van der Waals surface area contributed by atoms with Crippen LogP contribution in [0.5, 0.6) is 0 Å². The van der Waals surface area contributed by atoms with Gasteiger partial charge in [0.1, 0.15) is 5.82 Å². The molecular weight excluding hydrogens is 294 g/mol. The van der Waals surface area contributed by atoms with Crippen molar-refractivity contribution in [3.63, 3.8) is 0 Å². The Kier molecular flexibility index (Phi) is 6.76. The van der Waals surface area contributed by atoms with Crippen LogP contribution < -0.4 is 0 Å². The summed E-state index contributed by atoms with van der Waals surface area (Å²) in [4.78, 5) is 22.8. The van der Waals surface area contributed by atoms with E-state index in [9.17, 15) is 4.79 Å². The Bertz CT molecular complexity index is 468. The lowest BCUT2D eigenvalue weighted by Crippen LogP contribution is -2.39. The molecule has 0 saturated carbocycles. The predicted octanol–water partition coefficient (Wildman–Crippen LogP) is 3.47. The third kappa shape index (κ3) is 4.09. The number of aromatic nitrogens is 2. The average Bonchev–Trinajstić information content (AvgIpc) is 2.43. The van der Waals surface area contributed by atoms with E-state index in [1.54, 1.807) is 23.7 Å². The summed E-state index contributed by atoms with van der Waals surface area (Å²) in [5.41, 5.74) is 0.299. The van der Waals surface area contributed by atoms with Gasteiger partial charge in [0.05, 0.1) is 11.2 Å². The zero-order valence-corrected chi connectivity index (χ0v) is 14.3. The third-order valence-corrected chi connectivity index (χ3v) is 4.17. The third-order valence-electron chi connectivity index (χ3n) is 3.18. The van der Waals surface area contributed by atoms with Crippen molar-refractivity contribution in [2.24, 2.45) is 0 Å². The van der Waals surface area contributed by atoms with E-state index in [-0.39, 0.29) is 17.9 Å². The van der Waals surface area contributed by atoms with Crippen molar-refractivity contribution in [1.82, 2.24) is 14.9 Å². The van der Waals surface area contributed by atoms with Crippen LogP contribution in [0.25, 0.3) is 0 Å². The first-order valence-corrected chi connectivity index (χ1v) is 8.48. The van der Waals surface area contributed by atoms with Crippen LogP contribution >= 0.6 is 23.4 Å². The van der Waals surface area contributed by atoms with Gasteiger partial charge in [0, 0.05) is 24.8 Å². The summed E-state index contributed by atoms with van der Waals surface area (Å²) in [5.74, 6) is 1.57. The Morgan fingerprint density at radius 1 is 1.50 bits per heavy atom. The number of carbonyl (C=O) groups is 1. The first-order chi connectivity index (χ1) is 9.42. The molecule has 1 atom stereocenters. The van der Waals surface area contributed by atoms with Crippen LogP contribution in [0, 0.1) is 0 Å². The van der Waals surface area contributed by atoms with Gasteiger partial charge in [-0.1, -0.05) is 32.4 Å². The van der Waals surface area contributed by atoms with Crippen molar-refractivity contribution in [2.45, 2.75) is 39.2 Å². The lowest BCUT2D eigenvalue weighted by molar-refractivity contribution is 0.0737. The largest absolute Gasteiger partial charge is 0.337 e. The van der Waals surface area contributed by atoms with Crippen LogP contribution in [0.15, 0.2) is 6.20 Å². The smallest absolute Gasteiger partial charge is 0.274 e. The summed E-state index contributed by atoms with van der Waals surface area (Å²) < 4.78 is 0. The van der Waals surface area contributed by atoms with E-state index in [1.807, 2.05) is 20.1 Å². The van der Waals surface area contributed by atoms with Gasteiger partial charge in [0.15, 0.2) is 5.69 Å². The van der Waals surface area contributed by atoms with Gasteiger partial charge < -0.3 is 4.90 Å². The average molecular weight is 316 g/mol. The van der Waals surface area contributed by atoms with Crippen molar-refractivity contribution in [3.05, 3.63) is 22.7 Å². The SMILES string of the molecule is CCC(CSC)N(C)C(=O)c1nc(C(C)C)ncc1Cl. The first-order valence-electron chi connectivity index (χ1n) is 6.70. The highest BCUT2D eigenvalue weighted by atomic mass is 35.5. The molecule has 0 radical (unpaired) electrons. The second-order valence-electron chi connectivity index (χ2n) is 5.01. The van der Waals surface area contributed by atoms with Crippen LogP contribution in [0.4, 0.5) is 0 Å². The van der Waals surface area contributed by atoms with Gasteiger partial charge in [0.25, 0.3) is 5.91 Å². The molecule has 4 nitrogen and oxygen atoms in total. The van der Waals surface area contributed by atoms with Gasteiger partial charge in [-0.15, -0.1) is 0 Å². The monoisotopic (exact) mass is 315 g/mol. The maximum absolute atomic E-state index is 12.6. The van der Waals surface area contributed by atoms with E-state index in [0.717, 1.165) is 12.2 Å². The van der Waals surface area contributed by atoms with Gasteiger partial charge >= 0.3 is 0 Å². The summed E-state index contributed by atoms with van der Waals surface area (Å²) in [5, 5.41) is 0.310. The molecule has 20 heavy (non-hydrogen) atoms. The standard InChI is InChI=1S/C14H22ClN3OS/c1-6-10(8-20-5)18(4)14(19)12-11(15)7-16-13(17-12)9(2)3/h7,9-10H,6,8H2,1-5H3. The molecule has 0 aliphatic carbocycles. The molecule has 1 aromatic heterocycles. The number of halogens is 1. The first kappa shape index (κ1) is 17.2. The van der Waals surface area contributed by atoms with E-state index in [4.69, 9.17) is 11.6 Å². The zero-order valence-electron chi connectivity index (χ0n) is 12.7. The number of nitrogens with zero attached hydrogens (tertiary/aromatic N) is 3. The highest BCUT2D eigenvalue weighted by molar-refractivity contribution is 7.98. The minimum Gasteiger partial charge on any atom is -0.337 e. The summed E-state index contributed by atoms with van der Waals surface area (Å²) in [6.45, 7) is 6.05. The maximum atomic E-state index is 12.6. The fourth-order valence-electron chi connectivity index (χ4n) is 1.84. The Morgan fingerprint density at radius 2 is 2.15 bits per heavy atom. The molecule has 1 unspecified atom stereocenters. The molecule has 0 saturated heterocycles. The van der Waals surface area contributed by atoms with Crippen molar-refractivity contribution in [1.29, 1.82) is 0 Å². The van der Waals surface area contributed by atoms with E-state index < -0.39 is 0 Å². The van der Waals surface area contributed by atoms with Crippen molar-refractivity contribution >= 4 is 29.3 Å². The Hall–Kier alpha value is -0.810. The van der Waals surface area contributed by atoms with Gasteiger partial charge in [-0.05, 0) is 12.7 Å². The van der Waals surface area contributed by atoms with Crippen molar-refractivity contribution < 1.29 is 4.79 Å². The number of rotatable bonds is 6. The van der Waals surface area contributed by atoms with E-state index >= 15 is 0 Å². The number of hydrogen-bond donors (Lipinski definition) is 0. The number of hydrogen-bond acceptors (Lipinski definition) is 4. The molecule has 0 aliphatic rings. The molecular formula is C14H22ClN3OS.